The Hall–Kier alpha value is -2.04. The molecule has 0 saturated heterocycles. The summed E-state index contributed by atoms with van der Waals surface area (Å²) in [5.74, 6) is -1.70. The molecule has 0 bridgehead atoms. The molecule has 0 heterocycles. The van der Waals surface area contributed by atoms with Gasteiger partial charge in [0.1, 0.15) is 17.4 Å². The molecule has 27 heavy (non-hydrogen) atoms. The molecular formula is C22H37F2NO2. The molecule has 2 N–H and O–H groups in total. The Labute approximate surface area is 164 Å². The van der Waals surface area contributed by atoms with Gasteiger partial charge in [-0.15, -0.1) is 6.58 Å². The van der Waals surface area contributed by atoms with Crippen LogP contribution in [-0.2, 0) is 16.0 Å². The third kappa shape index (κ3) is 18.5. The van der Waals surface area contributed by atoms with E-state index in [9.17, 15) is 18.4 Å². The number of aryl methyl sites for hydroxylation is 1. The molecule has 0 aliphatic rings. The highest BCUT2D eigenvalue weighted by Crippen LogP contribution is 2.14. The number of nitrogens with two attached hydrogens (primary N) is 1. The van der Waals surface area contributed by atoms with Crippen LogP contribution in [0.1, 0.15) is 73.3 Å². The summed E-state index contributed by atoms with van der Waals surface area (Å²) < 4.78 is 25.0. The summed E-state index contributed by atoms with van der Waals surface area (Å²) in [5.41, 5.74) is 6.61. The Morgan fingerprint density at radius 1 is 1.00 bits per heavy atom. The predicted octanol–water partition coefficient (Wildman–Crippen LogP) is 6.00. The van der Waals surface area contributed by atoms with Gasteiger partial charge in [-0.25, -0.2) is 8.78 Å². The first-order valence-corrected chi connectivity index (χ1v) is 9.53. The van der Waals surface area contributed by atoms with E-state index >= 15 is 0 Å². The summed E-state index contributed by atoms with van der Waals surface area (Å²) in [6, 6.07) is 3.62. The van der Waals surface area contributed by atoms with Crippen LogP contribution in [0.3, 0.4) is 0 Å². The lowest BCUT2D eigenvalue weighted by Crippen LogP contribution is -2.21. The van der Waals surface area contributed by atoms with Crippen molar-refractivity contribution >= 4 is 11.7 Å². The van der Waals surface area contributed by atoms with Crippen LogP contribution in [0.2, 0.25) is 0 Å². The van der Waals surface area contributed by atoms with E-state index < -0.39 is 17.5 Å². The SMILES string of the molecule is C=C(C)C[C@H](CC(N)=O)C(C)=O.CC.CC.CCCc1cc(F)cc(F)c1. The second kappa shape index (κ2) is 18.7. The van der Waals surface area contributed by atoms with Gasteiger partial charge in [0.05, 0.1) is 0 Å². The van der Waals surface area contributed by atoms with Crippen molar-refractivity contribution in [3.8, 4) is 0 Å². The number of carbonyl (C=O) groups is 2. The van der Waals surface area contributed by atoms with Gasteiger partial charge in [-0.1, -0.05) is 46.6 Å². The second-order valence-electron chi connectivity index (χ2n) is 5.67. The average Bonchev–Trinajstić information content (AvgIpc) is 2.57. The zero-order chi connectivity index (χ0) is 22.0. The van der Waals surface area contributed by atoms with E-state index in [1.54, 1.807) is 0 Å². The lowest BCUT2D eigenvalue weighted by atomic mass is 9.94. The molecule has 0 fully saturated rings. The van der Waals surface area contributed by atoms with Crippen molar-refractivity contribution in [3.63, 3.8) is 0 Å². The highest BCUT2D eigenvalue weighted by Gasteiger charge is 2.16. The fraction of sp³-hybridized carbons (Fsp3) is 0.545. The molecule has 1 rings (SSSR count). The van der Waals surface area contributed by atoms with Crippen LogP contribution in [0.25, 0.3) is 0 Å². The van der Waals surface area contributed by atoms with Gasteiger partial charge < -0.3 is 5.73 Å². The second-order valence-corrected chi connectivity index (χ2v) is 5.67. The largest absolute Gasteiger partial charge is 0.370 e. The monoisotopic (exact) mass is 385 g/mol. The molecule has 1 atom stereocenters. The Kier molecular flexibility index (Phi) is 20.6. The fourth-order valence-corrected chi connectivity index (χ4v) is 2.07. The van der Waals surface area contributed by atoms with E-state index in [1.165, 1.54) is 19.1 Å². The molecule has 0 aliphatic carbocycles. The van der Waals surface area contributed by atoms with E-state index in [-0.39, 0.29) is 18.1 Å². The number of hydrogen-bond acceptors (Lipinski definition) is 2. The van der Waals surface area contributed by atoms with Crippen LogP contribution >= 0.6 is 0 Å². The number of amides is 1. The van der Waals surface area contributed by atoms with E-state index in [0.717, 1.165) is 30.0 Å². The topological polar surface area (TPSA) is 60.2 Å². The van der Waals surface area contributed by atoms with Gasteiger partial charge in [-0.2, -0.15) is 0 Å². The third-order valence-corrected chi connectivity index (χ3v) is 3.08. The lowest BCUT2D eigenvalue weighted by Gasteiger charge is -2.10. The maximum Gasteiger partial charge on any atom is 0.218 e. The first kappa shape index (κ1) is 29.7. The van der Waals surface area contributed by atoms with E-state index in [4.69, 9.17) is 5.73 Å². The zero-order valence-corrected chi connectivity index (χ0v) is 18.0. The van der Waals surface area contributed by atoms with E-state index in [0.29, 0.717) is 6.42 Å². The summed E-state index contributed by atoms with van der Waals surface area (Å²) >= 11 is 0. The number of primary amides is 1. The lowest BCUT2D eigenvalue weighted by molar-refractivity contribution is -0.126. The minimum Gasteiger partial charge on any atom is -0.370 e. The molecule has 1 amide bonds. The van der Waals surface area contributed by atoms with Gasteiger partial charge in [-0.3, -0.25) is 9.59 Å². The van der Waals surface area contributed by atoms with E-state index in [1.807, 2.05) is 41.5 Å². The molecule has 0 unspecified atom stereocenters. The molecule has 0 aromatic heterocycles. The Morgan fingerprint density at radius 2 is 1.44 bits per heavy atom. The molecule has 1 aromatic rings. The van der Waals surface area contributed by atoms with Crippen molar-refractivity contribution in [2.24, 2.45) is 11.7 Å². The summed E-state index contributed by atoms with van der Waals surface area (Å²) in [7, 11) is 0. The molecular weight excluding hydrogens is 348 g/mol. The fourth-order valence-electron chi connectivity index (χ4n) is 2.07. The molecule has 0 saturated carbocycles. The van der Waals surface area contributed by atoms with E-state index in [2.05, 4.69) is 6.58 Å². The van der Waals surface area contributed by atoms with Crippen molar-refractivity contribution in [3.05, 3.63) is 47.5 Å². The summed E-state index contributed by atoms with van der Waals surface area (Å²) in [6.07, 6.45) is 2.32. The molecule has 0 spiro atoms. The van der Waals surface area contributed by atoms with Gasteiger partial charge in [-0.05, 0) is 44.4 Å². The minimum absolute atomic E-state index is 0.00296. The van der Waals surface area contributed by atoms with Crippen molar-refractivity contribution in [1.82, 2.24) is 0 Å². The molecule has 1 aromatic carbocycles. The highest BCUT2D eigenvalue weighted by atomic mass is 19.1. The number of Topliss-reactive ketones (excluding diaryl/α,β-unsaturated/α-hetero) is 1. The summed E-state index contributed by atoms with van der Waals surface area (Å²) in [5, 5.41) is 0. The maximum absolute atomic E-state index is 12.5. The van der Waals surface area contributed by atoms with Crippen LogP contribution in [0.5, 0.6) is 0 Å². The normalized spacial score (nSPS) is 9.96. The van der Waals surface area contributed by atoms with Gasteiger partial charge in [0.2, 0.25) is 5.91 Å². The molecule has 0 aliphatic heterocycles. The Balaban J connectivity index is -0.000000360. The molecule has 5 heteroatoms. The van der Waals surface area contributed by atoms with Crippen LogP contribution in [0.15, 0.2) is 30.4 Å². The number of ketones is 1. The predicted molar refractivity (Wildman–Crippen MR) is 110 cm³/mol. The van der Waals surface area contributed by atoms with Gasteiger partial charge in [0.25, 0.3) is 0 Å². The maximum atomic E-state index is 12.5. The molecule has 0 radical (unpaired) electrons. The van der Waals surface area contributed by atoms with Crippen LogP contribution in [0, 0.1) is 17.6 Å². The number of allylic oxidation sites excluding steroid dienone is 1. The van der Waals surface area contributed by atoms with Crippen molar-refractivity contribution in [2.45, 2.75) is 74.1 Å². The highest BCUT2D eigenvalue weighted by molar-refractivity contribution is 5.85. The summed E-state index contributed by atoms with van der Waals surface area (Å²) in [4.78, 5) is 21.5. The minimum atomic E-state index is -0.492. The van der Waals surface area contributed by atoms with Crippen LogP contribution in [-0.4, -0.2) is 11.7 Å². The van der Waals surface area contributed by atoms with Crippen LogP contribution in [0.4, 0.5) is 8.78 Å². The quantitative estimate of drug-likeness (QED) is 0.585. The number of rotatable bonds is 7. The molecule has 3 nitrogen and oxygen atoms in total. The third-order valence-electron chi connectivity index (χ3n) is 3.08. The zero-order valence-electron chi connectivity index (χ0n) is 18.0. The van der Waals surface area contributed by atoms with Crippen molar-refractivity contribution in [2.75, 3.05) is 0 Å². The van der Waals surface area contributed by atoms with Crippen molar-refractivity contribution < 1.29 is 18.4 Å². The Bertz CT molecular complexity index is 521. The first-order valence-electron chi connectivity index (χ1n) is 9.53. The number of hydrogen-bond donors (Lipinski definition) is 1. The van der Waals surface area contributed by atoms with Crippen molar-refractivity contribution in [1.29, 1.82) is 0 Å². The Morgan fingerprint density at radius 3 is 1.74 bits per heavy atom. The summed E-state index contributed by atoms with van der Waals surface area (Å²) in [6.45, 7) is 17.0. The number of benzene rings is 1. The van der Waals surface area contributed by atoms with Crippen LogP contribution < -0.4 is 5.73 Å². The first-order chi connectivity index (χ1) is 12.6. The smallest absolute Gasteiger partial charge is 0.218 e. The average molecular weight is 386 g/mol. The molecule has 156 valence electrons. The van der Waals surface area contributed by atoms with Gasteiger partial charge in [0.15, 0.2) is 0 Å². The number of carbonyl (C=O) groups excluding carboxylic acids is 2. The standard InChI is InChI=1S/C9H10F2.C9H15NO2.2C2H6/c1-2-3-7-4-8(10)6-9(11)5-7;1-6(2)4-8(7(3)11)5-9(10)12;2*1-2/h4-6H,2-3H2,1H3;8H,1,4-5H2,2-3H3,(H2,10,12);2*1-2H3/t;8-;;/m.1../s1. The number of halogens is 2. The van der Waals surface area contributed by atoms with Gasteiger partial charge >= 0.3 is 0 Å². The van der Waals surface area contributed by atoms with Gasteiger partial charge in [0, 0.05) is 18.4 Å².